The molecule has 4 aliphatic rings. The second kappa shape index (κ2) is 31.9. The van der Waals surface area contributed by atoms with E-state index in [1.165, 1.54) is 58.9 Å². The number of hydrogen-bond donors (Lipinski definition) is 10. The number of ether oxygens (including phenoxy) is 6. The van der Waals surface area contributed by atoms with Crippen molar-refractivity contribution < 1.29 is 106 Å². The van der Waals surface area contributed by atoms with E-state index < -0.39 is 191 Å². The van der Waals surface area contributed by atoms with Crippen molar-refractivity contribution in [3.8, 4) is 0 Å². The van der Waals surface area contributed by atoms with Gasteiger partial charge >= 0.3 is 30.0 Å². The third-order valence-corrected chi connectivity index (χ3v) is 18.8. The van der Waals surface area contributed by atoms with Crippen molar-refractivity contribution in [1.29, 1.82) is 0 Å². The maximum atomic E-state index is 15.4. The number of aliphatic hydroxyl groups excluding tert-OH is 2. The molecule has 1 saturated heterocycles. The normalized spacial score (nSPS) is 25.5. The second-order valence-corrected chi connectivity index (χ2v) is 27.1. The van der Waals surface area contributed by atoms with E-state index in [2.05, 4.69) is 26.6 Å². The Hall–Kier alpha value is -8.67. The molecule has 7 rings (SSSR count). The number of hydrogen-bond acceptors (Lipinski definition) is 20. The highest BCUT2D eigenvalue weighted by Gasteiger charge is 2.78. The van der Waals surface area contributed by atoms with Crippen LogP contribution in [0.25, 0.3) is 6.08 Å². The van der Waals surface area contributed by atoms with Crippen LogP contribution in [0.3, 0.4) is 0 Å². The second-order valence-electron chi connectivity index (χ2n) is 26.7. The van der Waals surface area contributed by atoms with Crippen molar-refractivity contribution in [2.24, 2.45) is 22.5 Å². The Kier molecular flexibility index (Phi) is 25.0. The number of unbranched alkanes of at least 4 members (excludes halogenated alkanes) is 1. The monoisotopic (exact) mass is 1390 g/mol. The number of rotatable bonds is 28. The number of primary amides is 1. The molecule has 14 atom stereocenters. The van der Waals surface area contributed by atoms with E-state index in [1.54, 1.807) is 69.3 Å². The molecule has 3 aliphatic carbocycles. The van der Waals surface area contributed by atoms with Gasteiger partial charge < -0.3 is 81.2 Å². The molecule has 29 heteroatoms. The maximum Gasteiger partial charge on any atom is 0.408 e. The number of nitrogens with one attached hydrogen (secondary N) is 5. The number of aliphatic carboxylic acids is 1. The number of nitrogens with two attached hydrogens (primary N) is 1. The van der Waals surface area contributed by atoms with Crippen LogP contribution in [0.5, 0.6) is 0 Å². The number of benzene rings is 3. The van der Waals surface area contributed by atoms with Crippen LogP contribution in [-0.4, -0.2) is 177 Å². The molecular formula is C69H86ClFN6O21. The summed E-state index contributed by atoms with van der Waals surface area (Å²) >= 11 is 5.99. The Balaban J connectivity index is 1.04. The average molecular weight is 1390 g/mol. The van der Waals surface area contributed by atoms with E-state index in [9.17, 15) is 68.0 Å². The van der Waals surface area contributed by atoms with Crippen molar-refractivity contribution in [3.05, 3.63) is 124 Å². The van der Waals surface area contributed by atoms with Gasteiger partial charge in [0.05, 0.1) is 47.3 Å². The molecule has 0 spiro atoms. The summed E-state index contributed by atoms with van der Waals surface area (Å²) in [6, 6.07) is 13.8. The number of carboxylic acids is 1. The minimum Gasteiger partial charge on any atom is -0.480 e. The molecule has 0 aromatic heterocycles. The van der Waals surface area contributed by atoms with Gasteiger partial charge in [-0.1, -0.05) is 80.0 Å². The minimum atomic E-state index is -2.49. The number of carboxylic acid groups (broad SMARTS) is 1. The van der Waals surface area contributed by atoms with Gasteiger partial charge in [-0.05, 0) is 120 Å². The molecule has 0 radical (unpaired) electrons. The number of alkyl carbamates (subject to hydrolysis) is 1. The third-order valence-electron chi connectivity index (χ3n) is 18.5. The van der Waals surface area contributed by atoms with Gasteiger partial charge in [-0.25, -0.2) is 23.6 Å². The molecule has 27 nitrogen and oxygen atoms in total. The molecule has 3 aromatic rings. The Bertz CT molecular complexity index is 3570. The zero-order valence-electron chi connectivity index (χ0n) is 55.9. The molecule has 6 amide bonds. The van der Waals surface area contributed by atoms with Crippen LogP contribution in [0.1, 0.15) is 141 Å². The highest BCUT2D eigenvalue weighted by molar-refractivity contribution is 6.32. The molecule has 2 bridgehead atoms. The summed E-state index contributed by atoms with van der Waals surface area (Å²) in [6.07, 6.45) is -10.7. The standard InChI is InChI=1S/C69H86ClFN6O21/c1-36-46(34-69(92)58(96-62(89)41-20-14-11-15-21-41)56-67(9,57(84)54(83)52(36)66(69,7)8)47(79)33-48-68(56,35-94-48)97-38(3)78)95-63(90)55(53(40-18-12-10-13-19-40)77-64(91)98-65(4,5)6)93-31-29-49(80)73-30-17-16-22-45(61(87)88)75-51(82)28-26-44(59(72)85)76-60(86)37(2)74-50(81)27-24-39-23-25-42(71)32-43(39)70/h10-15,18-21,23-25,27,32,37,44-48,53-56,58,79,83,92H,16-17,22,26,28-31,33-35H2,1-9H3,(H2,72,85)(H,73,80)(H,74,81)(H,75,82)(H,76,86)(H,77,91)(H,87,88)/b27-24+/t37-,44+,45-,46-,47-,48+,53-,54+,55+,56-,58-,67+,68-,69+/m0/s1. The van der Waals surface area contributed by atoms with Gasteiger partial charge in [0.25, 0.3) is 0 Å². The first-order valence-corrected chi connectivity index (χ1v) is 32.4. The predicted octanol–water partition coefficient (Wildman–Crippen LogP) is 4.29. The summed E-state index contributed by atoms with van der Waals surface area (Å²) < 4.78 is 50.1. The Labute approximate surface area is 570 Å². The first-order valence-electron chi connectivity index (χ1n) is 32.1. The minimum absolute atomic E-state index is 0.00524. The number of carbonyl (C=O) groups is 11. The van der Waals surface area contributed by atoms with E-state index in [1.807, 2.05) is 0 Å². The number of esters is 3. The van der Waals surface area contributed by atoms with Crippen LogP contribution in [-0.2, 0) is 71.6 Å². The van der Waals surface area contributed by atoms with Crippen LogP contribution in [0.4, 0.5) is 9.18 Å². The molecule has 1 aliphatic heterocycles. The van der Waals surface area contributed by atoms with Gasteiger partial charge in [0, 0.05) is 50.6 Å². The van der Waals surface area contributed by atoms with Crippen molar-refractivity contribution in [3.63, 3.8) is 0 Å². The Morgan fingerprint density at radius 1 is 0.857 bits per heavy atom. The van der Waals surface area contributed by atoms with Crippen molar-refractivity contribution in [2.75, 3.05) is 19.8 Å². The van der Waals surface area contributed by atoms with E-state index in [0.717, 1.165) is 25.1 Å². The van der Waals surface area contributed by atoms with Crippen LogP contribution >= 0.6 is 11.6 Å². The fraction of sp³-hybridized carbons (Fsp3) is 0.522. The number of aliphatic hydroxyl groups is 3. The molecule has 3 fully saturated rings. The summed E-state index contributed by atoms with van der Waals surface area (Å²) in [6.45, 7) is 12.2. The molecule has 1 heterocycles. The van der Waals surface area contributed by atoms with Gasteiger partial charge in [0.1, 0.15) is 59.6 Å². The lowest BCUT2D eigenvalue weighted by atomic mass is 9.44. The molecule has 11 N–H and O–H groups in total. The number of carbonyl (C=O) groups excluding carboxylic acids is 10. The number of amides is 6. The highest BCUT2D eigenvalue weighted by atomic mass is 35.5. The van der Waals surface area contributed by atoms with Crippen LogP contribution in [0.2, 0.25) is 5.02 Å². The third kappa shape index (κ3) is 17.6. The zero-order valence-corrected chi connectivity index (χ0v) is 56.6. The summed E-state index contributed by atoms with van der Waals surface area (Å²) in [5.74, 6) is -11.6. The summed E-state index contributed by atoms with van der Waals surface area (Å²) in [7, 11) is 0. The number of halogens is 2. The smallest absolute Gasteiger partial charge is 0.408 e. The fourth-order valence-corrected chi connectivity index (χ4v) is 13.5. The molecule has 2 saturated carbocycles. The Morgan fingerprint density at radius 3 is 2.12 bits per heavy atom. The Morgan fingerprint density at radius 2 is 1.52 bits per heavy atom. The lowest BCUT2D eigenvalue weighted by Crippen LogP contribution is -2.81. The van der Waals surface area contributed by atoms with Gasteiger partial charge in [-0.3, -0.25) is 33.6 Å². The highest BCUT2D eigenvalue weighted by Crippen LogP contribution is 2.64. The molecule has 532 valence electrons. The first-order chi connectivity index (χ1) is 45.9. The van der Waals surface area contributed by atoms with Gasteiger partial charge in [0.2, 0.25) is 29.5 Å². The summed E-state index contributed by atoms with van der Waals surface area (Å²) in [4.78, 5) is 148. The van der Waals surface area contributed by atoms with E-state index >= 15 is 9.59 Å². The van der Waals surface area contributed by atoms with E-state index in [4.69, 9.17) is 45.8 Å². The van der Waals surface area contributed by atoms with Crippen LogP contribution < -0.4 is 32.3 Å². The van der Waals surface area contributed by atoms with Crippen molar-refractivity contribution >= 4 is 83.0 Å². The molecule has 0 unspecified atom stereocenters. The first kappa shape index (κ1) is 76.7. The lowest BCUT2D eigenvalue weighted by Gasteiger charge is -2.67. The van der Waals surface area contributed by atoms with E-state index in [0.29, 0.717) is 5.56 Å². The lowest BCUT2D eigenvalue weighted by molar-refractivity contribution is -0.346. The van der Waals surface area contributed by atoms with Crippen LogP contribution in [0.15, 0.2) is 96.1 Å². The van der Waals surface area contributed by atoms with Crippen molar-refractivity contribution in [1.82, 2.24) is 26.6 Å². The summed E-state index contributed by atoms with van der Waals surface area (Å²) in [5.41, 5.74) is -3.21. The average Bonchev–Trinajstić information content (AvgIpc) is 0.671. The van der Waals surface area contributed by atoms with Crippen LogP contribution in [0, 0.1) is 22.6 Å². The van der Waals surface area contributed by atoms with Gasteiger partial charge in [-0.15, -0.1) is 0 Å². The summed E-state index contributed by atoms with van der Waals surface area (Å²) in [5, 5.41) is 61.0. The topological polar surface area (TPSA) is 410 Å². The largest absolute Gasteiger partial charge is 0.480 e. The van der Waals surface area contributed by atoms with Gasteiger partial charge in [-0.2, -0.15) is 0 Å². The quantitative estimate of drug-likeness (QED) is 0.0159. The van der Waals surface area contributed by atoms with Crippen molar-refractivity contribution in [2.45, 2.75) is 191 Å². The maximum absolute atomic E-state index is 15.4. The van der Waals surface area contributed by atoms with E-state index in [-0.39, 0.29) is 72.6 Å². The zero-order chi connectivity index (χ0) is 72.4. The number of Topliss-reactive ketones (excluding diaryl/α,β-unsaturated/α-hetero) is 1. The molecule has 98 heavy (non-hydrogen) atoms. The molecule has 3 aromatic carbocycles. The number of ketones is 1. The predicted molar refractivity (Wildman–Crippen MR) is 347 cm³/mol. The SMILES string of the molecule is CC(=O)O[C@@]12CO[C@@H]1C[C@H](O)[C@@]1(C)C(=O)[C@H](O)C3=C(C)[C@@H](OC(=O)[C@H](OCCC(=O)NCCCC[C@H](NC(=O)CC[C@@H](NC(=O)[C@H](C)NC(=O)/C=C/c4ccc(F)cc4Cl)C(N)=O)C(=O)O)[C@@H](NC(=O)OC(C)(C)C)c4ccccc4)C[C@@](O)([C@@H](OC(=O)c4ccccc4)[C@H]21)C3(C)C. The molecular weight excluding hydrogens is 1300 g/mol. The number of fused-ring (bicyclic) bond motifs is 5. The van der Waals surface area contributed by atoms with Gasteiger partial charge in [0.15, 0.2) is 17.5 Å². The fourth-order valence-electron chi connectivity index (χ4n) is 13.3.